The summed E-state index contributed by atoms with van der Waals surface area (Å²) < 4.78 is 23.0. The SMILES string of the molecule is C[N+]1(C)C(S(N)(=O)=O)=Cc2ccccc21. The van der Waals surface area contributed by atoms with Gasteiger partial charge >= 0.3 is 0 Å². The molecule has 0 fully saturated rings. The Morgan fingerprint density at radius 3 is 2.33 bits per heavy atom. The van der Waals surface area contributed by atoms with Crippen LogP contribution < -0.4 is 9.62 Å². The maximum Gasteiger partial charge on any atom is 0.288 e. The molecule has 5 heteroatoms. The van der Waals surface area contributed by atoms with E-state index in [0.717, 1.165) is 11.3 Å². The average Bonchev–Trinajstić information content (AvgIpc) is 2.39. The van der Waals surface area contributed by atoms with Gasteiger partial charge in [0.1, 0.15) is 5.69 Å². The predicted octanol–water partition coefficient (Wildman–Crippen LogP) is 0.854. The highest BCUT2D eigenvalue weighted by molar-refractivity contribution is 7.93. The van der Waals surface area contributed by atoms with Gasteiger partial charge in [0.15, 0.2) is 0 Å². The van der Waals surface area contributed by atoms with Gasteiger partial charge in [0.25, 0.3) is 10.0 Å². The Balaban J connectivity index is 2.69. The smallest absolute Gasteiger partial charge is 0.252 e. The van der Waals surface area contributed by atoms with Crippen molar-refractivity contribution in [3.05, 3.63) is 34.9 Å². The van der Waals surface area contributed by atoms with E-state index in [-0.39, 0.29) is 9.51 Å². The second kappa shape index (κ2) is 2.91. The molecule has 4 nitrogen and oxygen atoms in total. The molecule has 2 N–H and O–H groups in total. The van der Waals surface area contributed by atoms with E-state index in [0.29, 0.717) is 0 Å². The number of nitrogens with zero attached hydrogens (tertiary/aromatic N) is 1. The minimum absolute atomic E-state index is 0.176. The molecule has 0 saturated carbocycles. The maximum absolute atomic E-state index is 11.4. The van der Waals surface area contributed by atoms with E-state index in [1.54, 1.807) is 6.08 Å². The lowest BCUT2D eigenvalue weighted by molar-refractivity contribution is 0.517. The maximum atomic E-state index is 11.4. The van der Waals surface area contributed by atoms with Crippen molar-refractivity contribution in [2.75, 3.05) is 14.1 Å². The van der Waals surface area contributed by atoms with Crippen molar-refractivity contribution in [2.45, 2.75) is 0 Å². The van der Waals surface area contributed by atoms with E-state index in [9.17, 15) is 8.42 Å². The highest BCUT2D eigenvalue weighted by atomic mass is 32.2. The van der Waals surface area contributed by atoms with Gasteiger partial charge in [-0.1, -0.05) is 12.1 Å². The van der Waals surface area contributed by atoms with Gasteiger partial charge in [-0.15, -0.1) is 0 Å². The first kappa shape index (κ1) is 10.4. The van der Waals surface area contributed by atoms with Crippen LogP contribution in [0.2, 0.25) is 0 Å². The van der Waals surface area contributed by atoms with Crippen molar-refractivity contribution in [1.82, 2.24) is 4.48 Å². The topological polar surface area (TPSA) is 60.2 Å². The lowest BCUT2D eigenvalue weighted by Gasteiger charge is -2.25. The highest BCUT2D eigenvalue weighted by Gasteiger charge is 2.39. The molecule has 0 unspecified atom stereocenters. The Morgan fingerprint density at radius 1 is 1.20 bits per heavy atom. The molecule has 0 spiro atoms. The summed E-state index contributed by atoms with van der Waals surface area (Å²) in [5, 5.41) is 5.41. The molecule has 0 bridgehead atoms. The Hall–Kier alpha value is -1.17. The van der Waals surface area contributed by atoms with Gasteiger partial charge < -0.3 is 0 Å². The number of para-hydroxylation sites is 1. The fourth-order valence-corrected chi connectivity index (χ4v) is 2.96. The summed E-state index contributed by atoms with van der Waals surface area (Å²) in [4.78, 5) is 0. The molecular formula is C10H13N2O2S+. The minimum atomic E-state index is -3.64. The van der Waals surface area contributed by atoms with Crippen LogP contribution in [0.25, 0.3) is 6.08 Å². The number of sulfonamides is 1. The number of benzene rings is 1. The van der Waals surface area contributed by atoms with Crippen molar-refractivity contribution >= 4 is 21.8 Å². The van der Waals surface area contributed by atoms with Crippen LogP contribution in [-0.4, -0.2) is 22.5 Å². The number of hydrogen-bond acceptors (Lipinski definition) is 2. The van der Waals surface area contributed by atoms with Crippen LogP contribution >= 0.6 is 0 Å². The zero-order valence-electron chi connectivity index (χ0n) is 8.64. The van der Waals surface area contributed by atoms with Crippen LogP contribution in [0, 0.1) is 0 Å². The number of quaternary nitrogens is 1. The van der Waals surface area contributed by atoms with Gasteiger partial charge in [-0.3, -0.25) is 4.48 Å². The van der Waals surface area contributed by atoms with Gasteiger partial charge in [-0.2, -0.15) is 0 Å². The van der Waals surface area contributed by atoms with Crippen molar-refractivity contribution in [2.24, 2.45) is 5.14 Å². The second-order valence-corrected chi connectivity index (χ2v) is 5.55. The molecular weight excluding hydrogens is 212 g/mol. The Kier molecular flexibility index (Phi) is 2.01. The van der Waals surface area contributed by atoms with E-state index in [1.165, 1.54) is 0 Å². The van der Waals surface area contributed by atoms with Crippen LogP contribution in [0.4, 0.5) is 5.69 Å². The van der Waals surface area contributed by atoms with Crippen molar-refractivity contribution in [3.63, 3.8) is 0 Å². The van der Waals surface area contributed by atoms with E-state index < -0.39 is 10.0 Å². The lowest BCUT2D eigenvalue weighted by Crippen LogP contribution is -2.42. The Labute approximate surface area is 89.3 Å². The molecule has 15 heavy (non-hydrogen) atoms. The molecule has 1 aromatic carbocycles. The van der Waals surface area contributed by atoms with Crippen LogP contribution in [0.5, 0.6) is 0 Å². The van der Waals surface area contributed by atoms with Crippen LogP contribution in [-0.2, 0) is 10.0 Å². The molecule has 0 amide bonds. The number of fused-ring (bicyclic) bond motifs is 1. The standard InChI is InChI=1S/C10H13N2O2S/c1-12(2)9-6-4-3-5-8(9)7-10(12)15(11,13)14/h3-7H,1-2H3,(H2,11,13,14)/q+1. The third kappa shape index (κ3) is 1.49. The van der Waals surface area contributed by atoms with Crippen molar-refractivity contribution in [1.29, 1.82) is 0 Å². The van der Waals surface area contributed by atoms with E-state index in [4.69, 9.17) is 5.14 Å². The average molecular weight is 225 g/mol. The number of rotatable bonds is 1. The third-order valence-corrected chi connectivity index (χ3v) is 3.82. The Morgan fingerprint density at radius 2 is 1.80 bits per heavy atom. The zero-order chi connectivity index (χ0) is 11.3. The summed E-state index contributed by atoms with van der Waals surface area (Å²) in [6.07, 6.45) is 1.63. The quantitative estimate of drug-likeness (QED) is 0.720. The molecule has 1 heterocycles. The molecule has 1 aliphatic heterocycles. The van der Waals surface area contributed by atoms with Gasteiger partial charge in [0, 0.05) is 17.7 Å². The lowest BCUT2D eigenvalue weighted by atomic mass is 10.2. The minimum Gasteiger partial charge on any atom is -0.252 e. The van der Waals surface area contributed by atoms with Gasteiger partial charge in [-0.05, 0) is 6.07 Å². The van der Waals surface area contributed by atoms with Crippen LogP contribution in [0.1, 0.15) is 5.56 Å². The molecule has 1 aromatic rings. The number of nitrogens with two attached hydrogens (primary N) is 1. The highest BCUT2D eigenvalue weighted by Crippen LogP contribution is 2.38. The summed E-state index contributed by atoms with van der Waals surface area (Å²) in [7, 11) is -0.0293. The van der Waals surface area contributed by atoms with Gasteiger partial charge in [0.05, 0.1) is 14.1 Å². The van der Waals surface area contributed by atoms with E-state index >= 15 is 0 Å². The number of primary sulfonamides is 1. The first-order valence-corrected chi connectivity index (χ1v) is 6.07. The van der Waals surface area contributed by atoms with Crippen molar-refractivity contribution < 1.29 is 8.42 Å². The molecule has 0 radical (unpaired) electrons. The summed E-state index contributed by atoms with van der Waals surface area (Å²) in [6.45, 7) is 0. The summed E-state index contributed by atoms with van der Waals surface area (Å²) in [6, 6.07) is 7.55. The largest absolute Gasteiger partial charge is 0.288 e. The van der Waals surface area contributed by atoms with Gasteiger partial charge in [0.2, 0.25) is 5.03 Å². The molecule has 80 valence electrons. The molecule has 1 aliphatic rings. The normalized spacial score (nSPS) is 18.5. The van der Waals surface area contributed by atoms with Crippen LogP contribution in [0.15, 0.2) is 29.3 Å². The molecule has 0 aromatic heterocycles. The Bertz CT molecular complexity index is 544. The fourth-order valence-electron chi connectivity index (χ4n) is 1.93. The molecule has 0 aliphatic carbocycles. The van der Waals surface area contributed by atoms with Gasteiger partial charge in [-0.25, -0.2) is 13.6 Å². The number of hydrogen-bond donors (Lipinski definition) is 1. The monoisotopic (exact) mass is 225 g/mol. The first-order chi connectivity index (χ1) is 6.83. The molecule has 2 rings (SSSR count). The van der Waals surface area contributed by atoms with E-state index in [2.05, 4.69) is 0 Å². The second-order valence-electron chi connectivity index (χ2n) is 4.04. The zero-order valence-corrected chi connectivity index (χ0v) is 9.45. The van der Waals surface area contributed by atoms with Crippen LogP contribution in [0.3, 0.4) is 0 Å². The molecule has 0 saturated heterocycles. The summed E-state index contributed by atoms with van der Waals surface area (Å²) in [5.41, 5.74) is 1.85. The predicted molar refractivity (Wildman–Crippen MR) is 61.2 cm³/mol. The van der Waals surface area contributed by atoms with Crippen molar-refractivity contribution in [3.8, 4) is 0 Å². The third-order valence-electron chi connectivity index (χ3n) is 2.66. The summed E-state index contributed by atoms with van der Waals surface area (Å²) in [5.74, 6) is 0. The fraction of sp³-hybridized carbons (Fsp3) is 0.200. The molecule has 0 atom stereocenters. The summed E-state index contributed by atoms with van der Waals surface area (Å²) >= 11 is 0. The van der Waals surface area contributed by atoms with E-state index in [1.807, 2.05) is 38.4 Å². The first-order valence-electron chi connectivity index (χ1n) is 4.52.